The van der Waals surface area contributed by atoms with Crippen LogP contribution in [0.25, 0.3) is 0 Å². The van der Waals surface area contributed by atoms with Gasteiger partial charge in [-0.05, 0) is 55.7 Å². The topological polar surface area (TPSA) is 48.1 Å². The van der Waals surface area contributed by atoms with Crippen LogP contribution in [-0.4, -0.2) is 4.98 Å². The summed E-state index contributed by atoms with van der Waals surface area (Å²) in [7, 11) is 0. The molecule has 2 N–H and O–H groups in total. The number of nitrogens with zero attached hydrogens (tertiary/aromatic N) is 1. The van der Waals surface area contributed by atoms with E-state index in [9.17, 15) is 0 Å². The molecule has 3 nitrogen and oxygen atoms in total. The van der Waals surface area contributed by atoms with Gasteiger partial charge in [0.15, 0.2) is 0 Å². The molecule has 1 aromatic heterocycles. The van der Waals surface area contributed by atoms with E-state index in [2.05, 4.69) is 4.98 Å². The maximum Gasteiger partial charge on any atom is 0.242 e. The molecule has 1 heterocycles. The number of anilines is 1. The minimum Gasteiger partial charge on any atom is -0.437 e. The largest absolute Gasteiger partial charge is 0.437 e. The predicted octanol–water partition coefficient (Wildman–Crippen LogP) is 4.03. The third-order valence-electron chi connectivity index (χ3n) is 2.64. The van der Waals surface area contributed by atoms with Crippen LogP contribution in [-0.2, 0) is 0 Å². The van der Waals surface area contributed by atoms with Gasteiger partial charge in [-0.15, -0.1) is 0 Å². The van der Waals surface area contributed by atoms with Gasteiger partial charge in [-0.1, -0.05) is 11.6 Å². The number of halogens is 1. The van der Waals surface area contributed by atoms with Gasteiger partial charge < -0.3 is 10.5 Å². The van der Waals surface area contributed by atoms with Gasteiger partial charge in [0.2, 0.25) is 5.88 Å². The van der Waals surface area contributed by atoms with Crippen molar-refractivity contribution in [1.29, 1.82) is 0 Å². The Morgan fingerprint density at radius 2 is 1.72 bits per heavy atom. The summed E-state index contributed by atoms with van der Waals surface area (Å²) in [4.78, 5) is 4.17. The molecule has 0 spiro atoms. The van der Waals surface area contributed by atoms with E-state index in [0.717, 1.165) is 21.7 Å². The summed E-state index contributed by atoms with van der Waals surface area (Å²) < 4.78 is 5.69. The quantitative estimate of drug-likeness (QED) is 0.889. The van der Waals surface area contributed by atoms with Crippen molar-refractivity contribution in [1.82, 2.24) is 4.98 Å². The first kappa shape index (κ1) is 12.7. The molecule has 2 rings (SSSR count). The molecule has 0 amide bonds. The molecule has 0 aliphatic carbocycles. The highest BCUT2D eigenvalue weighted by Crippen LogP contribution is 2.30. The second-order valence-corrected chi connectivity index (χ2v) is 4.76. The number of pyridine rings is 1. The van der Waals surface area contributed by atoms with Crippen LogP contribution in [0.3, 0.4) is 0 Å². The normalized spacial score (nSPS) is 10.4. The number of hydrogen-bond acceptors (Lipinski definition) is 3. The number of hydrogen-bond donors (Lipinski definition) is 1. The van der Waals surface area contributed by atoms with E-state index >= 15 is 0 Å². The van der Waals surface area contributed by atoms with Crippen molar-refractivity contribution in [3.8, 4) is 11.6 Å². The Kier molecular flexibility index (Phi) is 3.43. The van der Waals surface area contributed by atoms with Crippen molar-refractivity contribution in [2.45, 2.75) is 20.8 Å². The third kappa shape index (κ3) is 2.57. The lowest BCUT2D eigenvalue weighted by Gasteiger charge is -2.10. The minimum absolute atomic E-state index is 0.418. The fraction of sp³-hybridized carbons (Fsp3) is 0.214. The molecule has 2 aromatic rings. The second-order valence-electron chi connectivity index (χ2n) is 4.38. The number of ether oxygens (including phenoxy) is 1. The van der Waals surface area contributed by atoms with Crippen LogP contribution in [0.15, 0.2) is 24.4 Å². The number of aromatic nitrogens is 1. The van der Waals surface area contributed by atoms with E-state index in [0.29, 0.717) is 17.3 Å². The number of nitrogens with two attached hydrogens (primary N) is 1. The molecule has 0 saturated carbocycles. The summed E-state index contributed by atoms with van der Waals surface area (Å²) in [5.74, 6) is 1.11. The molecule has 0 radical (unpaired) electrons. The van der Waals surface area contributed by atoms with Gasteiger partial charge in [0.25, 0.3) is 0 Å². The molecular weight excluding hydrogens is 248 g/mol. The Hall–Kier alpha value is -1.74. The Morgan fingerprint density at radius 3 is 2.28 bits per heavy atom. The Labute approximate surface area is 112 Å². The lowest BCUT2D eigenvalue weighted by Crippen LogP contribution is -1.96. The number of aryl methyl sites for hydroxylation is 3. The molecule has 0 aliphatic rings. The summed E-state index contributed by atoms with van der Waals surface area (Å²) in [6.07, 6.45) is 1.72. The monoisotopic (exact) mass is 262 g/mol. The first-order valence-electron chi connectivity index (χ1n) is 5.64. The van der Waals surface area contributed by atoms with Crippen LogP contribution in [0.4, 0.5) is 5.69 Å². The number of benzene rings is 1. The van der Waals surface area contributed by atoms with Crippen LogP contribution in [0.5, 0.6) is 11.6 Å². The smallest absolute Gasteiger partial charge is 0.242 e. The first-order valence-corrected chi connectivity index (χ1v) is 6.02. The summed E-state index contributed by atoms with van der Waals surface area (Å²) in [6.45, 7) is 5.81. The maximum atomic E-state index is 6.11. The molecule has 0 atom stereocenters. The molecule has 1 aromatic carbocycles. The van der Waals surface area contributed by atoms with Gasteiger partial charge in [-0.25, -0.2) is 4.98 Å². The summed E-state index contributed by atoms with van der Waals surface area (Å²) in [6, 6.07) is 5.57. The molecule has 4 heteroatoms. The number of rotatable bonds is 2. The van der Waals surface area contributed by atoms with Gasteiger partial charge in [0, 0.05) is 11.2 Å². The van der Waals surface area contributed by atoms with Gasteiger partial charge in [-0.3, -0.25) is 0 Å². The second kappa shape index (κ2) is 4.86. The van der Waals surface area contributed by atoms with E-state index in [-0.39, 0.29) is 0 Å². The van der Waals surface area contributed by atoms with Crippen molar-refractivity contribution in [2.24, 2.45) is 0 Å². The van der Waals surface area contributed by atoms with Crippen LogP contribution >= 0.6 is 11.6 Å². The van der Waals surface area contributed by atoms with E-state index in [1.54, 1.807) is 6.20 Å². The van der Waals surface area contributed by atoms with E-state index in [4.69, 9.17) is 22.1 Å². The van der Waals surface area contributed by atoms with E-state index in [1.165, 1.54) is 0 Å². The van der Waals surface area contributed by atoms with Crippen molar-refractivity contribution in [3.05, 3.63) is 46.1 Å². The zero-order chi connectivity index (χ0) is 13.3. The Balaban J connectivity index is 2.34. The van der Waals surface area contributed by atoms with E-state index < -0.39 is 0 Å². The van der Waals surface area contributed by atoms with Gasteiger partial charge in [-0.2, -0.15) is 0 Å². The zero-order valence-corrected chi connectivity index (χ0v) is 11.4. The highest BCUT2D eigenvalue weighted by Gasteiger charge is 2.07. The third-order valence-corrected chi connectivity index (χ3v) is 3.24. The van der Waals surface area contributed by atoms with Crippen molar-refractivity contribution >= 4 is 17.3 Å². The maximum absolute atomic E-state index is 6.11. The Bertz CT molecular complexity index is 573. The summed E-state index contributed by atoms with van der Waals surface area (Å²) >= 11 is 6.11. The van der Waals surface area contributed by atoms with Crippen molar-refractivity contribution in [2.75, 3.05) is 5.73 Å². The molecule has 18 heavy (non-hydrogen) atoms. The van der Waals surface area contributed by atoms with Crippen molar-refractivity contribution < 1.29 is 4.74 Å². The fourth-order valence-corrected chi connectivity index (χ4v) is 1.85. The van der Waals surface area contributed by atoms with E-state index in [1.807, 2.05) is 39.0 Å². The molecule has 0 fully saturated rings. The standard InChI is InChI=1S/C14H15ClN2O/c1-8-4-12(16)14(17-7-8)18-11-5-9(2)13(15)10(3)6-11/h4-7H,16H2,1-3H3. The van der Waals surface area contributed by atoms with Crippen molar-refractivity contribution in [3.63, 3.8) is 0 Å². The molecule has 0 bridgehead atoms. The fourth-order valence-electron chi connectivity index (χ4n) is 1.74. The minimum atomic E-state index is 0.418. The van der Waals surface area contributed by atoms with Gasteiger partial charge in [0.1, 0.15) is 5.75 Å². The van der Waals surface area contributed by atoms with Crippen LogP contribution in [0.2, 0.25) is 5.02 Å². The predicted molar refractivity (Wildman–Crippen MR) is 74.4 cm³/mol. The van der Waals surface area contributed by atoms with Crippen LogP contribution < -0.4 is 10.5 Å². The highest BCUT2D eigenvalue weighted by atomic mass is 35.5. The summed E-state index contributed by atoms with van der Waals surface area (Å²) in [5.41, 5.74) is 9.33. The average molecular weight is 263 g/mol. The zero-order valence-electron chi connectivity index (χ0n) is 10.6. The first-order chi connectivity index (χ1) is 8.47. The molecular formula is C14H15ClN2O. The lowest BCUT2D eigenvalue weighted by atomic mass is 10.1. The highest BCUT2D eigenvalue weighted by molar-refractivity contribution is 6.32. The SMILES string of the molecule is Cc1cnc(Oc2cc(C)c(Cl)c(C)c2)c(N)c1. The van der Waals surface area contributed by atoms with Gasteiger partial charge in [0.05, 0.1) is 5.69 Å². The molecule has 94 valence electrons. The number of nitrogen functional groups attached to an aromatic ring is 1. The molecule has 0 saturated heterocycles. The lowest BCUT2D eigenvalue weighted by molar-refractivity contribution is 0.464. The average Bonchev–Trinajstić information content (AvgIpc) is 2.29. The summed E-state index contributed by atoms with van der Waals surface area (Å²) in [5, 5.41) is 0.757. The van der Waals surface area contributed by atoms with Gasteiger partial charge >= 0.3 is 0 Å². The molecule has 0 unspecified atom stereocenters. The van der Waals surface area contributed by atoms with Crippen LogP contribution in [0, 0.1) is 20.8 Å². The Morgan fingerprint density at radius 1 is 1.11 bits per heavy atom. The molecule has 0 aliphatic heterocycles. The van der Waals surface area contributed by atoms with Crippen LogP contribution in [0.1, 0.15) is 16.7 Å².